The second-order valence-corrected chi connectivity index (χ2v) is 4.16. The number of ether oxygens (including phenoxy) is 1. The number of aromatic nitrogens is 2. The monoisotopic (exact) mass is 260 g/mol. The molecular weight excluding hydrogens is 244 g/mol. The van der Waals surface area contributed by atoms with E-state index in [4.69, 9.17) is 16.2 Å². The Balaban J connectivity index is 2.24. The predicted octanol–water partition coefficient (Wildman–Crippen LogP) is 1.77. The Morgan fingerprint density at radius 3 is 2.95 bits per heavy atom. The van der Waals surface area contributed by atoms with E-state index in [1.807, 2.05) is 0 Å². The molecule has 0 aliphatic heterocycles. The van der Waals surface area contributed by atoms with Crippen LogP contribution in [0.4, 0.5) is 5.69 Å². The van der Waals surface area contributed by atoms with Crippen LogP contribution in [0.1, 0.15) is 23.7 Å². The average Bonchev–Trinajstić information content (AvgIpc) is 2.79. The van der Waals surface area contributed by atoms with Gasteiger partial charge in [0.15, 0.2) is 5.75 Å². The molecular formula is C13H16N4O2. The van der Waals surface area contributed by atoms with Crippen LogP contribution in [0.5, 0.6) is 11.5 Å². The lowest BCUT2D eigenvalue weighted by atomic mass is 10.1. The van der Waals surface area contributed by atoms with Crippen molar-refractivity contribution in [3.05, 3.63) is 36.2 Å². The van der Waals surface area contributed by atoms with Gasteiger partial charge in [0.1, 0.15) is 5.75 Å². The second-order valence-electron chi connectivity index (χ2n) is 4.16. The summed E-state index contributed by atoms with van der Waals surface area (Å²) in [4.78, 5) is 11.3. The van der Waals surface area contributed by atoms with E-state index < -0.39 is 5.91 Å². The van der Waals surface area contributed by atoms with Crippen molar-refractivity contribution in [3.63, 3.8) is 0 Å². The van der Waals surface area contributed by atoms with Crippen LogP contribution in [0.15, 0.2) is 30.6 Å². The van der Waals surface area contributed by atoms with Crippen LogP contribution in [0, 0.1) is 0 Å². The second kappa shape index (κ2) is 5.43. The summed E-state index contributed by atoms with van der Waals surface area (Å²) in [5, 5.41) is 4.14. The van der Waals surface area contributed by atoms with Gasteiger partial charge in [-0.05, 0) is 24.6 Å². The summed E-state index contributed by atoms with van der Waals surface area (Å²) in [6.07, 6.45) is 4.34. The molecule has 1 aromatic heterocycles. The minimum absolute atomic E-state index is 0.253. The summed E-state index contributed by atoms with van der Waals surface area (Å²) in [5.41, 5.74) is 11.6. The first-order valence-corrected chi connectivity index (χ1v) is 5.99. The van der Waals surface area contributed by atoms with Crippen molar-refractivity contribution >= 4 is 11.6 Å². The largest absolute Gasteiger partial charge is 0.453 e. The Morgan fingerprint density at radius 1 is 1.47 bits per heavy atom. The van der Waals surface area contributed by atoms with Gasteiger partial charge in [-0.1, -0.05) is 6.92 Å². The number of nitrogen functional groups attached to an aromatic ring is 1. The van der Waals surface area contributed by atoms with Crippen molar-refractivity contribution in [2.24, 2.45) is 5.73 Å². The first-order chi connectivity index (χ1) is 9.10. The highest BCUT2D eigenvalue weighted by Crippen LogP contribution is 2.26. The number of anilines is 1. The number of nitrogens with zero attached hydrogens (tertiary/aromatic N) is 2. The van der Waals surface area contributed by atoms with Crippen LogP contribution in [0.2, 0.25) is 0 Å². The number of primary amides is 1. The van der Waals surface area contributed by atoms with Gasteiger partial charge >= 0.3 is 0 Å². The van der Waals surface area contributed by atoms with Gasteiger partial charge in [-0.15, -0.1) is 0 Å². The van der Waals surface area contributed by atoms with E-state index in [0.29, 0.717) is 17.2 Å². The van der Waals surface area contributed by atoms with E-state index in [9.17, 15) is 4.79 Å². The number of hydrogen-bond acceptors (Lipinski definition) is 4. The molecule has 4 N–H and O–H groups in total. The maximum absolute atomic E-state index is 11.3. The van der Waals surface area contributed by atoms with Crippen molar-refractivity contribution in [2.45, 2.75) is 19.9 Å². The summed E-state index contributed by atoms with van der Waals surface area (Å²) in [6.45, 7) is 2.88. The molecule has 100 valence electrons. The average molecular weight is 260 g/mol. The first kappa shape index (κ1) is 12.9. The maximum Gasteiger partial charge on any atom is 0.252 e. The van der Waals surface area contributed by atoms with Gasteiger partial charge in [0.2, 0.25) is 0 Å². The highest BCUT2D eigenvalue weighted by molar-refractivity contribution is 5.96. The Hall–Kier alpha value is -2.50. The van der Waals surface area contributed by atoms with Crippen molar-refractivity contribution in [2.75, 3.05) is 5.73 Å². The predicted molar refractivity (Wildman–Crippen MR) is 72.0 cm³/mol. The molecule has 1 aromatic carbocycles. The lowest BCUT2D eigenvalue weighted by Crippen LogP contribution is -2.12. The summed E-state index contributed by atoms with van der Waals surface area (Å²) in [7, 11) is 0. The zero-order valence-electron chi connectivity index (χ0n) is 10.7. The Morgan fingerprint density at radius 2 is 2.26 bits per heavy atom. The number of nitrogens with two attached hydrogens (primary N) is 2. The van der Waals surface area contributed by atoms with E-state index >= 15 is 0 Å². The topological polar surface area (TPSA) is 96.2 Å². The van der Waals surface area contributed by atoms with E-state index in [0.717, 1.165) is 13.0 Å². The smallest absolute Gasteiger partial charge is 0.252 e. The molecule has 0 fully saturated rings. The minimum Gasteiger partial charge on any atom is -0.453 e. The quantitative estimate of drug-likeness (QED) is 0.800. The third-order valence-corrected chi connectivity index (χ3v) is 2.56. The zero-order chi connectivity index (χ0) is 13.8. The third-order valence-electron chi connectivity index (χ3n) is 2.56. The van der Waals surface area contributed by atoms with Crippen molar-refractivity contribution in [1.82, 2.24) is 9.78 Å². The molecule has 6 nitrogen and oxygen atoms in total. The molecule has 19 heavy (non-hydrogen) atoms. The van der Waals surface area contributed by atoms with Gasteiger partial charge in [-0.2, -0.15) is 5.10 Å². The highest BCUT2D eigenvalue weighted by Gasteiger charge is 2.11. The van der Waals surface area contributed by atoms with Crippen molar-refractivity contribution in [3.8, 4) is 11.5 Å². The Kier molecular flexibility index (Phi) is 3.70. The molecule has 0 unspecified atom stereocenters. The fourth-order valence-corrected chi connectivity index (χ4v) is 1.70. The van der Waals surface area contributed by atoms with Crippen LogP contribution >= 0.6 is 0 Å². The normalized spacial score (nSPS) is 10.4. The SMILES string of the molecule is CCCn1cc(Oc2ccc(N)cc2C(N)=O)cn1. The highest BCUT2D eigenvalue weighted by atomic mass is 16.5. The van der Waals surface area contributed by atoms with Crippen LogP contribution in [-0.4, -0.2) is 15.7 Å². The lowest BCUT2D eigenvalue weighted by molar-refractivity contribution is 0.0998. The van der Waals surface area contributed by atoms with Gasteiger partial charge < -0.3 is 16.2 Å². The number of carbonyl (C=O) groups is 1. The zero-order valence-corrected chi connectivity index (χ0v) is 10.7. The van der Waals surface area contributed by atoms with Gasteiger partial charge in [-0.3, -0.25) is 9.48 Å². The van der Waals surface area contributed by atoms with Crippen molar-refractivity contribution < 1.29 is 9.53 Å². The van der Waals surface area contributed by atoms with Gasteiger partial charge in [0.25, 0.3) is 5.91 Å². The molecule has 0 saturated carbocycles. The molecule has 1 amide bonds. The summed E-state index contributed by atoms with van der Waals surface area (Å²) in [6, 6.07) is 4.76. The van der Waals surface area contributed by atoms with Gasteiger partial charge in [0, 0.05) is 12.2 Å². The summed E-state index contributed by atoms with van der Waals surface area (Å²) < 4.78 is 7.39. The number of benzene rings is 1. The molecule has 0 spiro atoms. The maximum atomic E-state index is 11.3. The minimum atomic E-state index is -0.580. The molecule has 0 radical (unpaired) electrons. The van der Waals surface area contributed by atoms with E-state index in [-0.39, 0.29) is 5.56 Å². The summed E-state index contributed by atoms with van der Waals surface area (Å²) in [5.74, 6) is 0.349. The molecule has 0 atom stereocenters. The number of aryl methyl sites for hydroxylation is 1. The number of rotatable bonds is 5. The van der Waals surface area contributed by atoms with Crippen LogP contribution in [0.25, 0.3) is 0 Å². The fraction of sp³-hybridized carbons (Fsp3) is 0.231. The molecule has 0 saturated heterocycles. The van der Waals surface area contributed by atoms with E-state index in [1.165, 1.54) is 6.07 Å². The van der Waals surface area contributed by atoms with Crippen LogP contribution in [-0.2, 0) is 6.54 Å². The number of hydrogen-bond donors (Lipinski definition) is 2. The molecule has 0 aliphatic carbocycles. The lowest BCUT2D eigenvalue weighted by Gasteiger charge is -2.07. The number of carbonyl (C=O) groups excluding carboxylic acids is 1. The molecule has 0 aliphatic rings. The van der Waals surface area contributed by atoms with Gasteiger partial charge in [0.05, 0.1) is 18.0 Å². The van der Waals surface area contributed by atoms with Crippen molar-refractivity contribution in [1.29, 1.82) is 0 Å². The standard InChI is InChI=1S/C13H16N4O2/c1-2-5-17-8-10(7-16-17)19-12-4-3-9(14)6-11(12)13(15)18/h3-4,6-8H,2,5,14H2,1H3,(H2,15,18). The Labute approximate surface area is 111 Å². The Bertz CT molecular complexity index is 592. The molecule has 1 heterocycles. The van der Waals surface area contributed by atoms with Gasteiger partial charge in [-0.25, -0.2) is 0 Å². The fourth-order valence-electron chi connectivity index (χ4n) is 1.70. The molecule has 2 rings (SSSR count). The molecule has 6 heteroatoms. The molecule has 0 bridgehead atoms. The first-order valence-electron chi connectivity index (χ1n) is 5.99. The van der Waals surface area contributed by atoms with Crippen LogP contribution < -0.4 is 16.2 Å². The van der Waals surface area contributed by atoms with Crippen LogP contribution in [0.3, 0.4) is 0 Å². The van der Waals surface area contributed by atoms with E-state index in [2.05, 4.69) is 12.0 Å². The number of amides is 1. The third kappa shape index (κ3) is 3.04. The summed E-state index contributed by atoms with van der Waals surface area (Å²) >= 11 is 0. The molecule has 2 aromatic rings. The van der Waals surface area contributed by atoms with E-state index in [1.54, 1.807) is 29.2 Å².